The molecule has 0 aliphatic heterocycles. The van der Waals surface area contributed by atoms with Crippen LogP contribution in [0.1, 0.15) is 15.9 Å². The third-order valence-electron chi connectivity index (χ3n) is 2.72. The van der Waals surface area contributed by atoms with Gasteiger partial charge in [0.05, 0.1) is 5.56 Å². The smallest absolute Gasteiger partial charge is 0.252 e. The number of aromatic nitrogens is 1. The number of benzene rings is 1. The summed E-state index contributed by atoms with van der Waals surface area (Å²) in [5.74, 6) is -4.31. The van der Waals surface area contributed by atoms with E-state index in [-0.39, 0.29) is 24.4 Å². The number of amides is 1. The fourth-order valence-corrected chi connectivity index (χ4v) is 1.67. The summed E-state index contributed by atoms with van der Waals surface area (Å²) in [6.07, 6.45) is 3.00. The molecule has 1 amide bonds. The van der Waals surface area contributed by atoms with Gasteiger partial charge in [-0.3, -0.25) is 9.78 Å². The van der Waals surface area contributed by atoms with Crippen LogP contribution in [0.2, 0.25) is 0 Å². The standard InChI is InChI=1S/C14H11F3N2O/c15-11-4-3-9(12(16)13(11)17)5-7-19-14(20)10-2-1-6-18-8-10/h1-4,6,8H,5,7H2,(H,19,20). The van der Waals surface area contributed by atoms with Gasteiger partial charge in [-0.2, -0.15) is 0 Å². The molecule has 0 spiro atoms. The van der Waals surface area contributed by atoms with Gasteiger partial charge in [0.15, 0.2) is 17.5 Å². The van der Waals surface area contributed by atoms with Crippen LogP contribution in [0.25, 0.3) is 0 Å². The zero-order chi connectivity index (χ0) is 14.5. The molecule has 104 valence electrons. The maximum absolute atomic E-state index is 13.4. The third-order valence-corrected chi connectivity index (χ3v) is 2.72. The number of halogens is 3. The predicted molar refractivity (Wildman–Crippen MR) is 66.6 cm³/mol. The monoisotopic (exact) mass is 280 g/mol. The van der Waals surface area contributed by atoms with Crippen LogP contribution in [0, 0.1) is 17.5 Å². The summed E-state index contributed by atoms with van der Waals surface area (Å²) in [6.45, 7) is 0.107. The van der Waals surface area contributed by atoms with E-state index in [1.165, 1.54) is 12.4 Å². The molecule has 2 rings (SSSR count). The van der Waals surface area contributed by atoms with Crippen LogP contribution >= 0.6 is 0 Å². The molecule has 0 radical (unpaired) electrons. The topological polar surface area (TPSA) is 42.0 Å². The van der Waals surface area contributed by atoms with Crippen molar-refractivity contribution in [3.8, 4) is 0 Å². The van der Waals surface area contributed by atoms with Gasteiger partial charge in [0, 0.05) is 18.9 Å². The average molecular weight is 280 g/mol. The molecule has 1 heterocycles. The molecule has 0 saturated carbocycles. The molecule has 3 nitrogen and oxygen atoms in total. The van der Waals surface area contributed by atoms with Crippen molar-refractivity contribution < 1.29 is 18.0 Å². The number of nitrogens with zero attached hydrogens (tertiary/aromatic N) is 1. The number of carbonyl (C=O) groups excluding carboxylic acids is 1. The second-order valence-corrected chi connectivity index (χ2v) is 4.08. The summed E-state index contributed by atoms with van der Waals surface area (Å²) in [5, 5.41) is 2.55. The minimum absolute atomic E-state index is 0.00962. The van der Waals surface area contributed by atoms with Gasteiger partial charge in [0.25, 0.3) is 5.91 Å². The van der Waals surface area contributed by atoms with E-state index >= 15 is 0 Å². The molecule has 1 aromatic carbocycles. The van der Waals surface area contributed by atoms with E-state index in [1.807, 2.05) is 0 Å². The summed E-state index contributed by atoms with van der Waals surface area (Å²) >= 11 is 0. The molecule has 0 bridgehead atoms. The molecule has 20 heavy (non-hydrogen) atoms. The SMILES string of the molecule is O=C(NCCc1ccc(F)c(F)c1F)c1cccnc1. The van der Waals surface area contributed by atoms with Gasteiger partial charge in [-0.1, -0.05) is 6.07 Å². The largest absolute Gasteiger partial charge is 0.352 e. The zero-order valence-corrected chi connectivity index (χ0v) is 10.4. The van der Waals surface area contributed by atoms with Crippen molar-refractivity contribution in [2.45, 2.75) is 6.42 Å². The Labute approximate surface area is 113 Å². The Morgan fingerprint density at radius 1 is 1.15 bits per heavy atom. The maximum Gasteiger partial charge on any atom is 0.252 e. The highest BCUT2D eigenvalue weighted by Crippen LogP contribution is 2.15. The molecule has 6 heteroatoms. The van der Waals surface area contributed by atoms with Crippen LogP contribution in [-0.4, -0.2) is 17.4 Å². The molecule has 0 unspecified atom stereocenters. The van der Waals surface area contributed by atoms with E-state index in [1.54, 1.807) is 12.1 Å². The molecule has 0 aliphatic carbocycles. The molecular formula is C14H11F3N2O. The van der Waals surface area contributed by atoms with Crippen molar-refractivity contribution in [1.29, 1.82) is 0 Å². The van der Waals surface area contributed by atoms with E-state index in [2.05, 4.69) is 10.3 Å². The van der Waals surface area contributed by atoms with Crippen LogP contribution in [0.15, 0.2) is 36.7 Å². The zero-order valence-electron chi connectivity index (χ0n) is 10.4. The molecule has 0 fully saturated rings. The quantitative estimate of drug-likeness (QED) is 0.874. The van der Waals surface area contributed by atoms with E-state index < -0.39 is 17.5 Å². The van der Waals surface area contributed by atoms with Crippen LogP contribution in [0.3, 0.4) is 0 Å². The summed E-state index contributed by atoms with van der Waals surface area (Å²) < 4.78 is 39.1. The van der Waals surface area contributed by atoms with Gasteiger partial charge in [-0.05, 0) is 30.2 Å². The third kappa shape index (κ3) is 3.14. The summed E-state index contributed by atoms with van der Waals surface area (Å²) in [5.41, 5.74) is 0.383. The lowest BCUT2D eigenvalue weighted by atomic mass is 10.1. The first-order chi connectivity index (χ1) is 9.59. The van der Waals surface area contributed by atoms with Gasteiger partial charge in [-0.25, -0.2) is 13.2 Å². The average Bonchev–Trinajstić information content (AvgIpc) is 2.48. The molecule has 2 aromatic rings. The molecule has 1 N–H and O–H groups in total. The second kappa shape index (κ2) is 6.18. The van der Waals surface area contributed by atoms with Crippen molar-refractivity contribution >= 4 is 5.91 Å². The van der Waals surface area contributed by atoms with E-state index in [0.717, 1.165) is 12.1 Å². The van der Waals surface area contributed by atoms with E-state index in [4.69, 9.17) is 0 Å². The number of rotatable bonds is 4. The Morgan fingerprint density at radius 3 is 2.65 bits per heavy atom. The molecular weight excluding hydrogens is 269 g/mol. The Morgan fingerprint density at radius 2 is 1.95 bits per heavy atom. The van der Waals surface area contributed by atoms with Crippen LogP contribution in [0.4, 0.5) is 13.2 Å². The Hall–Kier alpha value is -2.37. The number of nitrogens with one attached hydrogen (secondary N) is 1. The fourth-order valence-electron chi connectivity index (χ4n) is 1.67. The highest BCUT2D eigenvalue weighted by Gasteiger charge is 2.13. The van der Waals surface area contributed by atoms with E-state index in [9.17, 15) is 18.0 Å². The molecule has 0 saturated heterocycles. The lowest BCUT2D eigenvalue weighted by Gasteiger charge is -2.06. The minimum atomic E-state index is -1.50. The Kier molecular flexibility index (Phi) is 4.34. The van der Waals surface area contributed by atoms with Crippen molar-refractivity contribution in [2.24, 2.45) is 0 Å². The molecule has 0 aliphatic rings. The second-order valence-electron chi connectivity index (χ2n) is 4.08. The number of hydrogen-bond acceptors (Lipinski definition) is 2. The first-order valence-corrected chi connectivity index (χ1v) is 5.90. The number of hydrogen-bond donors (Lipinski definition) is 1. The van der Waals surface area contributed by atoms with Gasteiger partial charge in [-0.15, -0.1) is 0 Å². The van der Waals surface area contributed by atoms with Gasteiger partial charge < -0.3 is 5.32 Å². The summed E-state index contributed by atoms with van der Waals surface area (Å²) in [7, 11) is 0. The van der Waals surface area contributed by atoms with Crippen LogP contribution in [0.5, 0.6) is 0 Å². The van der Waals surface area contributed by atoms with E-state index in [0.29, 0.717) is 5.56 Å². The maximum atomic E-state index is 13.4. The van der Waals surface area contributed by atoms with Crippen molar-refractivity contribution in [1.82, 2.24) is 10.3 Å². The lowest BCUT2D eigenvalue weighted by molar-refractivity contribution is 0.0953. The van der Waals surface area contributed by atoms with Crippen molar-refractivity contribution in [3.63, 3.8) is 0 Å². The number of carbonyl (C=O) groups is 1. The van der Waals surface area contributed by atoms with Gasteiger partial charge >= 0.3 is 0 Å². The minimum Gasteiger partial charge on any atom is -0.352 e. The normalized spacial score (nSPS) is 10.3. The highest BCUT2D eigenvalue weighted by atomic mass is 19.2. The van der Waals surface area contributed by atoms with Crippen LogP contribution in [-0.2, 0) is 6.42 Å². The lowest BCUT2D eigenvalue weighted by Crippen LogP contribution is -2.26. The molecule has 0 atom stereocenters. The molecule has 1 aromatic heterocycles. The Balaban J connectivity index is 1.94. The predicted octanol–water partition coefficient (Wildman–Crippen LogP) is 2.47. The van der Waals surface area contributed by atoms with Crippen molar-refractivity contribution in [3.05, 3.63) is 65.2 Å². The Bertz CT molecular complexity index is 617. The first kappa shape index (κ1) is 14.0. The summed E-state index contributed by atoms with van der Waals surface area (Å²) in [6, 6.07) is 5.21. The number of pyridine rings is 1. The summed E-state index contributed by atoms with van der Waals surface area (Å²) in [4.78, 5) is 15.5. The van der Waals surface area contributed by atoms with Gasteiger partial charge in [0.2, 0.25) is 0 Å². The van der Waals surface area contributed by atoms with Crippen molar-refractivity contribution in [2.75, 3.05) is 6.54 Å². The van der Waals surface area contributed by atoms with Gasteiger partial charge in [0.1, 0.15) is 0 Å². The van der Waals surface area contributed by atoms with Crippen LogP contribution < -0.4 is 5.32 Å². The first-order valence-electron chi connectivity index (χ1n) is 5.90. The highest BCUT2D eigenvalue weighted by molar-refractivity contribution is 5.93. The fraction of sp³-hybridized carbons (Fsp3) is 0.143.